The first-order valence-corrected chi connectivity index (χ1v) is 6.82. The molecule has 1 aromatic carbocycles. The van der Waals surface area contributed by atoms with Crippen molar-refractivity contribution in [2.75, 3.05) is 39.6 Å². The summed E-state index contributed by atoms with van der Waals surface area (Å²) in [4.78, 5) is 0. The number of hydrogen-bond acceptors (Lipinski definition) is 7. The summed E-state index contributed by atoms with van der Waals surface area (Å²) >= 11 is 0. The maximum atomic E-state index is 8.65. The molecule has 0 spiro atoms. The van der Waals surface area contributed by atoms with Gasteiger partial charge in [-0.2, -0.15) is 0 Å². The highest BCUT2D eigenvalue weighted by Crippen LogP contribution is 2.13. The van der Waals surface area contributed by atoms with Crippen LogP contribution in [0.25, 0.3) is 0 Å². The van der Waals surface area contributed by atoms with Crippen LogP contribution in [0.3, 0.4) is 0 Å². The van der Waals surface area contributed by atoms with Crippen molar-refractivity contribution in [2.24, 2.45) is 5.41 Å². The molecule has 0 heterocycles. The van der Waals surface area contributed by atoms with E-state index in [1.54, 1.807) is 13.8 Å². The Morgan fingerprint density at radius 3 is 1.27 bits per heavy atom. The lowest BCUT2D eigenvalue weighted by Gasteiger charge is -2.16. The second-order valence-corrected chi connectivity index (χ2v) is 5.06. The minimum Gasteiger partial charge on any atom is -0.508 e. The molecule has 0 amide bonds. The van der Waals surface area contributed by atoms with Crippen LogP contribution in [-0.4, -0.2) is 70.3 Å². The van der Waals surface area contributed by atoms with Gasteiger partial charge in [0.05, 0.1) is 39.6 Å². The lowest BCUT2D eigenvalue weighted by molar-refractivity contribution is 0.0650. The topological polar surface area (TPSA) is 131 Å². The molecule has 7 nitrogen and oxygen atoms in total. The Morgan fingerprint density at radius 2 is 1.09 bits per heavy atom. The highest BCUT2D eigenvalue weighted by molar-refractivity contribution is 5.28. The van der Waals surface area contributed by atoms with Crippen LogP contribution in [-0.2, 0) is 4.74 Å². The first-order chi connectivity index (χ1) is 10.3. The Hall–Kier alpha value is -1.38. The van der Waals surface area contributed by atoms with E-state index >= 15 is 0 Å². The fourth-order valence-electron chi connectivity index (χ4n) is 0.734. The third-order valence-electron chi connectivity index (χ3n) is 2.18. The minimum absolute atomic E-state index is 0.0278. The number of aromatic hydroxyl groups is 2. The molecule has 0 aliphatic rings. The molecule has 6 N–H and O–H groups in total. The zero-order valence-electron chi connectivity index (χ0n) is 13.1. The second kappa shape index (κ2) is 14.6. The summed E-state index contributed by atoms with van der Waals surface area (Å²) in [6.07, 6.45) is 0. The van der Waals surface area contributed by atoms with Crippen molar-refractivity contribution in [3.8, 4) is 11.5 Å². The van der Waals surface area contributed by atoms with Crippen molar-refractivity contribution in [1.82, 2.24) is 0 Å². The number of phenols is 2. The summed E-state index contributed by atoms with van der Waals surface area (Å²) in [5, 5.41) is 50.3. The van der Waals surface area contributed by atoms with Crippen molar-refractivity contribution < 1.29 is 35.4 Å². The molecule has 0 fully saturated rings. The first kappa shape index (κ1) is 22.9. The lowest BCUT2D eigenvalue weighted by Crippen LogP contribution is -2.20. The summed E-state index contributed by atoms with van der Waals surface area (Å²) in [5.74, 6) is 0.339. The van der Waals surface area contributed by atoms with Crippen LogP contribution >= 0.6 is 0 Å². The van der Waals surface area contributed by atoms with Gasteiger partial charge in [0.15, 0.2) is 0 Å². The van der Waals surface area contributed by atoms with Gasteiger partial charge < -0.3 is 35.4 Å². The third-order valence-corrected chi connectivity index (χ3v) is 2.18. The first-order valence-electron chi connectivity index (χ1n) is 6.82. The van der Waals surface area contributed by atoms with E-state index in [1.807, 2.05) is 0 Å². The summed E-state index contributed by atoms with van der Waals surface area (Å²) in [7, 11) is 0. The second-order valence-electron chi connectivity index (χ2n) is 5.06. The van der Waals surface area contributed by atoms with Crippen LogP contribution in [0.15, 0.2) is 24.3 Å². The molecule has 0 radical (unpaired) electrons. The summed E-state index contributed by atoms with van der Waals surface area (Å²) in [5.41, 5.74) is -0.306. The predicted octanol–water partition coefficient (Wildman–Crippen LogP) is 0.0826. The molecule has 0 aliphatic heterocycles. The van der Waals surface area contributed by atoms with Crippen LogP contribution in [0.2, 0.25) is 0 Å². The van der Waals surface area contributed by atoms with Gasteiger partial charge in [0.2, 0.25) is 0 Å². The molecular formula is C15H28O7. The predicted molar refractivity (Wildman–Crippen MR) is 82.7 cm³/mol. The molecule has 130 valence electrons. The Bertz CT molecular complexity index is 307. The normalized spacial score (nSPS) is 10.1. The molecule has 0 saturated carbocycles. The zero-order valence-corrected chi connectivity index (χ0v) is 13.1. The monoisotopic (exact) mass is 320 g/mol. The maximum Gasteiger partial charge on any atom is 0.115 e. The highest BCUT2D eigenvalue weighted by atomic mass is 16.5. The van der Waals surface area contributed by atoms with Gasteiger partial charge in [-0.05, 0) is 24.3 Å². The third kappa shape index (κ3) is 16.7. The standard InChI is InChI=1S/C6H6O2.C5H12O2.C4H10O3/c7-5-1-2-6(8)4-3-5;1-5(2,3-6)4-7;5-1-3-7-4-2-6/h1-4,7-8H;6-7H,3-4H2,1-2H3;5-6H,1-4H2. The van der Waals surface area contributed by atoms with Crippen LogP contribution < -0.4 is 0 Å². The van der Waals surface area contributed by atoms with Crippen molar-refractivity contribution in [2.45, 2.75) is 13.8 Å². The molecule has 0 atom stereocenters. The number of benzene rings is 1. The Morgan fingerprint density at radius 1 is 0.773 bits per heavy atom. The number of rotatable bonds is 6. The Kier molecular flexibility index (Phi) is 15.1. The van der Waals surface area contributed by atoms with E-state index < -0.39 is 0 Å². The van der Waals surface area contributed by atoms with E-state index in [2.05, 4.69) is 4.74 Å². The number of aliphatic hydroxyl groups is 4. The van der Waals surface area contributed by atoms with Crippen molar-refractivity contribution in [1.29, 1.82) is 0 Å². The molecule has 0 aromatic heterocycles. The smallest absolute Gasteiger partial charge is 0.115 e. The highest BCUT2D eigenvalue weighted by Gasteiger charge is 2.13. The van der Waals surface area contributed by atoms with Crippen LogP contribution in [0.4, 0.5) is 0 Å². The Balaban J connectivity index is 0. The van der Waals surface area contributed by atoms with Crippen molar-refractivity contribution >= 4 is 0 Å². The molecular weight excluding hydrogens is 292 g/mol. The minimum atomic E-state index is -0.306. The van der Waals surface area contributed by atoms with E-state index in [0.29, 0.717) is 13.2 Å². The SMILES string of the molecule is CC(C)(CO)CO.OCCOCCO.Oc1ccc(O)cc1. The van der Waals surface area contributed by atoms with E-state index in [9.17, 15) is 0 Å². The molecule has 1 aromatic rings. The van der Waals surface area contributed by atoms with Gasteiger partial charge in [-0.15, -0.1) is 0 Å². The molecule has 1 rings (SSSR count). The van der Waals surface area contributed by atoms with Crippen molar-refractivity contribution in [3.63, 3.8) is 0 Å². The van der Waals surface area contributed by atoms with Gasteiger partial charge in [0, 0.05) is 5.41 Å². The summed E-state index contributed by atoms with van der Waals surface area (Å²) in [6.45, 7) is 4.38. The van der Waals surface area contributed by atoms with Crippen molar-refractivity contribution in [3.05, 3.63) is 24.3 Å². The van der Waals surface area contributed by atoms with Crippen LogP contribution in [0, 0.1) is 5.41 Å². The molecule has 0 aliphatic carbocycles. The van der Waals surface area contributed by atoms with Gasteiger partial charge in [-0.1, -0.05) is 13.8 Å². The quantitative estimate of drug-likeness (QED) is 0.323. The van der Waals surface area contributed by atoms with E-state index in [1.165, 1.54) is 24.3 Å². The van der Waals surface area contributed by atoms with Gasteiger partial charge in [0.1, 0.15) is 11.5 Å². The molecule has 22 heavy (non-hydrogen) atoms. The summed E-state index contributed by atoms with van der Waals surface area (Å²) in [6, 6.07) is 5.70. The fraction of sp³-hybridized carbons (Fsp3) is 0.600. The van der Waals surface area contributed by atoms with Gasteiger partial charge in [-0.25, -0.2) is 0 Å². The van der Waals surface area contributed by atoms with Gasteiger partial charge in [-0.3, -0.25) is 0 Å². The number of ether oxygens (including phenoxy) is 1. The largest absolute Gasteiger partial charge is 0.508 e. The van der Waals surface area contributed by atoms with E-state index in [4.69, 9.17) is 30.6 Å². The Labute approximate surface area is 131 Å². The number of phenolic OH excluding ortho intramolecular Hbond substituents is 2. The number of hydrogen-bond donors (Lipinski definition) is 6. The number of aliphatic hydroxyl groups excluding tert-OH is 4. The van der Waals surface area contributed by atoms with E-state index in [0.717, 1.165) is 0 Å². The molecule has 0 unspecified atom stereocenters. The van der Waals surface area contributed by atoms with Crippen LogP contribution in [0.1, 0.15) is 13.8 Å². The molecule has 0 saturated heterocycles. The lowest BCUT2D eigenvalue weighted by atomic mass is 9.97. The van der Waals surface area contributed by atoms with Gasteiger partial charge in [0.25, 0.3) is 0 Å². The zero-order chi connectivity index (χ0) is 17.4. The van der Waals surface area contributed by atoms with Gasteiger partial charge >= 0.3 is 0 Å². The molecule has 0 bridgehead atoms. The molecule has 7 heteroatoms. The average molecular weight is 320 g/mol. The summed E-state index contributed by atoms with van der Waals surface area (Å²) < 4.78 is 4.63. The fourth-order valence-corrected chi connectivity index (χ4v) is 0.734. The maximum absolute atomic E-state index is 8.65. The average Bonchev–Trinajstić information content (AvgIpc) is 2.52. The van der Waals surface area contributed by atoms with E-state index in [-0.39, 0.29) is 43.3 Å². The van der Waals surface area contributed by atoms with Crippen LogP contribution in [0.5, 0.6) is 11.5 Å².